The third-order valence-electron chi connectivity index (χ3n) is 1.53. The summed E-state index contributed by atoms with van der Waals surface area (Å²) >= 11 is 5.45. The summed E-state index contributed by atoms with van der Waals surface area (Å²) in [6.45, 7) is 1.46. The Balaban J connectivity index is 2.96. The smallest absolute Gasteiger partial charge is 0.221 e. The lowest BCUT2D eigenvalue weighted by atomic mass is 10.2. The van der Waals surface area contributed by atoms with Crippen LogP contribution in [0.3, 0.4) is 0 Å². The lowest BCUT2D eigenvalue weighted by Gasteiger charge is -2.03. The average molecular weight is 208 g/mol. The van der Waals surface area contributed by atoms with Crippen molar-refractivity contribution in [1.82, 2.24) is 0 Å². The van der Waals surface area contributed by atoms with Gasteiger partial charge in [-0.25, -0.2) is 0 Å². The normalized spacial score (nSPS) is 8.71. The van der Waals surface area contributed by atoms with Gasteiger partial charge in [-0.1, -0.05) is 24.0 Å². The van der Waals surface area contributed by atoms with Gasteiger partial charge in [-0.2, -0.15) is 0 Å². The van der Waals surface area contributed by atoms with E-state index in [0.29, 0.717) is 0 Å². The second-order valence-electron chi connectivity index (χ2n) is 2.66. The molecular weight excluding hydrogens is 198 g/mol. The molecule has 0 bridgehead atoms. The number of benzene rings is 1. The summed E-state index contributed by atoms with van der Waals surface area (Å²) < 4.78 is 0. The summed E-state index contributed by atoms with van der Waals surface area (Å²) in [5.74, 6) is 5.79. The van der Waals surface area contributed by atoms with Crippen molar-refractivity contribution in [2.75, 3.05) is 11.2 Å². The molecule has 0 atom stereocenters. The highest BCUT2D eigenvalue weighted by Crippen LogP contribution is 2.13. The second-order valence-corrected chi connectivity index (χ2v) is 2.93. The molecule has 1 aromatic rings. The number of hydrogen-bond donors (Lipinski definition) is 1. The summed E-state index contributed by atoms with van der Waals surface area (Å²) in [6, 6.07) is 7.35. The molecule has 0 spiro atoms. The van der Waals surface area contributed by atoms with E-state index in [1.807, 2.05) is 18.2 Å². The van der Waals surface area contributed by atoms with Crippen molar-refractivity contribution >= 4 is 23.2 Å². The first-order chi connectivity index (χ1) is 6.74. The lowest BCUT2D eigenvalue weighted by Crippen LogP contribution is -2.06. The van der Waals surface area contributed by atoms with Crippen LogP contribution in [0.1, 0.15) is 12.5 Å². The van der Waals surface area contributed by atoms with Gasteiger partial charge < -0.3 is 5.32 Å². The molecule has 0 aliphatic heterocycles. The third-order valence-corrected chi connectivity index (χ3v) is 1.66. The average Bonchev–Trinajstić information content (AvgIpc) is 2.16. The first kappa shape index (κ1) is 10.6. The van der Waals surface area contributed by atoms with Crippen molar-refractivity contribution in [3.8, 4) is 11.8 Å². The van der Waals surface area contributed by atoms with Crippen molar-refractivity contribution < 1.29 is 4.79 Å². The maximum atomic E-state index is 10.9. The van der Waals surface area contributed by atoms with Crippen molar-refractivity contribution in [2.45, 2.75) is 6.92 Å². The minimum Gasteiger partial charge on any atom is -0.325 e. The number of para-hydroxylation sites is 1. The molecule has 3 heteroatoms. The van der Waals surface area contributed by atoms with Crippen molar-refractivity contribution in [3.63, 3.8) is 0 Å². The molecule has 1 N–H and O–H groups in total. The number of carbonyl (C=O) groups is 1. The first-order valence-corrected chi connectivity index (χ1v) is 4.69. The van der Waals surface area contributed by atoms with Crippen LogP contribution in [0.15, 0.2) is 24.3 Å². The fourth-order valence-corrected chi connectivity index (χ4v) is 1.09. The van der Waals surface area contributed by atoms with Gasteiger partial charge in [-0.05, 0) is 12.1 Å². The zero-order valence-corrected chi connectivity index (χ0v) is 8.56. The van der Waals surface area contributed by atoms with E-state index >= 15 is 0 Å². The Morgan fingerprint density at radius 1 is 1.50 bits per heavy atom. The molecule has 0 aliphatic carbocycles. The highest BCUT2D eigenvalue weighted by atomic mass is 35.5. The minimum absolute atomic E-state index is 0.106. The molecular formula is C11H10ClNO. The number of alkyl halides is 1. The highest BCUT2D eigenvalue weighted by Gasteiger charge is 1.99. The maximum absolute atomic E-state index is 10.9. The number of halogens is 1. The lowest BCUT2D eigenvalue weighted by molar-refractivity contribution is -0.114. The molecule has 0 radical (unpaired) electrons. The van der Waals surface area contributed by atoms with Crippen molar-refractivity contribution in [2.24, 2.45) is 0 Å². The standard InChI is InChI=1S/C11H10ClNO/c1-9(14)13-11-7-3-2-5-10(11)6-4-8-12/h2-3,5,7H,8H2,1H3,(H,13,14). The fourth-order valence-electron chi connectivity index (χ4n) is 1.02. The molecule has 0 saturated heterocycles. The zero-order valence-electron chi connectivity index (χ0n) is 7.80. The quantitative estimate of drug-likeness (QED) is 0.556. The third kappa shape index (κ3) is 3.12. The number of hydrogen-bond acceptors (Lipinski definition) is 1. The Bertz CT molecular complexity index is 390. The minimum atomic E-state index is -0.106. The van der Waals surface area contributed by atoms with Crippen LogP contribution >= 0.6 is 11.6 Å². The van der Waals surface area contributed by atoms with Crippen LogP contribution in [-0.2, 0) is 4.79 Å². The highest BCUT2D eigenvalue weighted by molar-refractivity contribution is 6.19. The van der Waals surface area contributed by atoms with Crippen molar-refractivity contribution in [1.29, 1.82) is 0 Å². The van der Waals surface area contributed by atoms with Crippen LogP contribution in [0.5, 0.6) is 0 Å². The molecule has 0 aliphatic rings. The molecule has 0 unspecified atom stereocenters. The van der Waals surface area contributed by atoms with Gasteiger partial charge >= 0.3 is 0 Å². The topological polar surface area (TPSA) is 29.1 Å². The number of rotatable bonds is 1. The Kier molecular flexibility index (Phi) is 4.03. The molecule has 0 aromatic heterocycles. The van der Waals surface area contributed by atoms with E-state index in [2.05, 4.69) is 17.2 Å². The predicted octanol–water partition coefficient (Wildman–Crippen LogP) is 2.24. The maximum Gasteiger partial charge on any atom is 0.221 e. The van der Waals surface area contributed by atoms with Crippen LogP contribution in [0.4, 0.5) is 5.69 Å². The van der Waals surface area contributed by atoms with Gasteiger partial charge in [-0.3, -0.25) is 4.79 Å². The molecule has 0 saturated carbocycles. The van der Waals surface area contributed by atoms with Gasteiger partial charge in [0.05, 0.1) is 11.6 Å². The molecule has 0 heterocycles. The number of nitrogens with one attached hydrogen (secondary N) is 1. The largest absolute Gasteiger partial charge is 0.325 e. The summed E-state index contributed by atoms with van der Waals surface area (Å²) in [5.41, 5.74) is 1.50. The molecule has 1 aromatic carbocycles. The van der Waals surface area contributed by atoms with E-state index in [9.17, 15) is 4.79 Å². The number of anilines is 1. The molecule has 1 amide bonds. The van der Waals surface area contributed by atoms with E-state index in [1.54, 1.807) is 6.07 Å². The zero-order chi connectivity index (χ0) is 10.4. The van der Waals surface area contributed by atoms with Crippen LogP contribution in [0.25, 0.3) is 0 Å². The Morgan fingerprint density at radius 2 is 2.21 bits per heavy atom. The van der Waals surface area contributed by atoms with E-state index in [-0.39, 0.29) is 11.8 Å². The predicted molar refractivity (Wildman–Crippen MR) is 58.3 cm³/mol. The van der Waals surface area contributed by atoms with Crippen LogP contribution < -0.4 is 5.32 Å². The molecule has 72 valence electrons. The van der Waals surface area contributed by atoms with Gasteiger partial charge in [-0.15, -0.1) is 11.6 Å². The van der Waals surface area contributed by atoms with E-state index in [4.69, 9.17) is 11.6 Å². The summed E-state index contributed by atoms with van der Waals surface area (Å²) in [7, 11) is 0. The SMILES string of the molecule is CC(=O)Nc1ccccc1C#CCCl. The van der Waals surface area contributed by atoms with Crippen LogP contribution in [-0.4, -0.2) is 11.8 Å². The van der Waals surface area contributed by atoms with Gasteiger partial charge in [0.1, 0.15) is 0 Å². The molecule has 0 fully saturated rings. The Morgan fingerprint density at radius 3 is 2.86 bits per heavy atom. The van der Waals surface area contributed by atoms with Gasteiger partial charge in [0.15, 0.2) is 0 Å². The van der Waals surface area contributed by atoms with E-state index in [0.717, 1.165) is 11.3 Å². The summed E-state index contributed by atoms with van der Waals surface area (Å²) in [5, 5.41) is 2.70. The van der Waals surface area contributed by atoms with E-state index in [1.165, 1.54) is 6.92 Å². The Hall–Kier alpha value is -1.46. The monoisotopic (exact) mass is 207 g/mol. The fraction of sp³-hybridized carbons (Fsp3) is 0.182. The summed E-state index contributed by atoms with van der Waals surface area (Å²) in [6.07, 6.45) is 0. The van der Waals surface area contributed by atoms with Gasteiger partial charge in [0, 0.05) is 12.5 Å². The molecule has 1 rings (SSSR count). The van der Waals surface area contributed by atoms with Crippen LogP contribution in [0, 0.1) is 11.8 Å². The second kappa shape index (κ2) is 5.31. The van der Waals surface area contributed by atoms with Gasteiger partial charge in [0.2, 0.25) is 5.91 Å². The summed E-state index contributed by atoms with van der Waals surface area (Å²) in [4.78, 5) is 10.9. The van der Waals surface area contributed by atoms with E-state index < -0.39 is 0 Å². The molecule has 2 nitrogen and oxygen atoms in total. The first-order valence-electron chi connectivity index (χ1n) is 4.15. The number of carbonyl (C=O) groups excluding carboxylic acids is 1. The molecule has 14 heavy (non-hydrogen) atoms. The van der Waals surface area contributed by atoms with Crippen molar-refractivity contribution in [3.05, 3.63) is 29.8 Å². The van der Waals surface area contributed by atoms with Gasteiger partial charge in [0.25, 0.3) is 0 Å². The Labute approximate surface area is 88.3 Å². The van der Waals surface area contributed by atoms with Crippen LogP contribution in [0.2, 0.25) is 0 Å². The number of amides is 1.